The second kappa shape index (κ2) is 12.4. The van der Waals surface area contributed by atoms with E-state index in [0.29, 0.717) is 29.6 Å². The third kappa shape index (κ3) is 5.45. The van der Waals surface area contributed by atoms with Crippen LogP contribution in [0.1, 0.15) is 132 Å². The molecule has 0 aromatic carbocycles. The van der Waals surface area contributed by atoms with Gasteiger partial charge in [-0.25, -0.2) is 4.68 Å². The van der Waals surface area contributed by atoms with E-state index in [1.54, 1.807) is 36.7 Å². The maximum atomic E-state index is 13.4. The van der Waals surface area contributed by atoms with E-state index in [4.69, 9.17) is 4.74 Å². The molecule has 0 bridgehead atoms. The van der Waals surface area contributed by atoms with Gasteiger partial charge in [-0.1, -0.05) is 52.7 Å². The molecule has 1 aromatic heterocycles. The topological polar surface area (TPSA) is 120 Å². The van der Waals surface area contributed by atoms with E-state index in [2.05, 4.69) is 46.9 Å². The standard InChI is InChI=1S/C41H63N3O6/c1-24(2)25-13-19-41(30-21-33(46)44(43(30)10)23-32(45)42-9)20-14-27-26(35(25)41)11-12-29-39(27,7)17-15-28-38(5,6)31(16-18-40(28,29)8)50-34(47)22-37(3,4)36(48)49/h21,24,26-29,31H,11-20,22-23H2,1-10H3,(H,42,45)(H,48,49)/t26?,27?,28-,29-,31-,39-,40?,41+/m0/s1. The molecule has 2 N–H and O–H groups in total. The summed E-state index contributed by atoms with van der Waals surface area (Å²) in [6, 6.07) is 1.84. The van der Waals surface area contributed by atoms with Gasteiger partial charge in [0.1, 0.15) is 12.6 Å². The summed E-state index contributed by atoms with van der Waals surface area (Å²) < 4.78 is 9.76. The Labute approximate surface area is 299 Å². The molecule has 6 rings (SSSR count). The van der Waals surface area contributed by atoms with Gasteiger partial charge >= 0.3 is 11.9 Å². The van der Waals surface area contributed by atoms with Gasteiger partial charge in [0, 0.05) is 31.0 Å². The quantitative estimate of drug-likeness (QED) is 0.223. The lowest BCUT2D eigenvalue weighted by Crippen LogP contribution is -2.63. The van der Waals surface area contributed by atoms with Crippen LogP contribution < -0.4 is 10.9 Å². The predicted octanol–water partition coefficient (Wildman–Crippen LogP) is 7.01. The number of fused-ring (bicyclic) bond motifs is 7. The van der Waals surface area contributed by atoms with E-state index in [0.717, 1.165) is 63.5 Å². The van der Waals surface area contributed by atoms with Gasteiger partial charge in [-0.3, -0.25) is 23.9 Å². The van der Waals surface area contributed by atoms with E-state index < -0.39 is 17.4 Å². The van der Waals surface area contributed by atoms with Crippen molar-refractivity contribution in [2.24, 2.45) is 58.3 Å². The van der Waals surface area contributed by atoms with Gasteiger partial charge in [-0.2, -0.15) is 0 Å². The zero-order chi connectivity index (χ0) is 36.8. The van der Waals surface area contributed by atoms with Crippen LogP contribution in [-0.2, 0) is 38.1 Å². The summed E-state index contributed by atoms with van der Waals surface area (Å²) in [7, 11) is 3.58. The van der Waals surface area contributed by atoms with Gasteiger partial charge in [0.15, 0.2) is 0 Å². The Balaban J connectivity index is 1.30. The van der Waals surface area contributed by atoms with Crippen molar-refractivity contribution in [3.05, 3.63) is 33.3 Å². The lowest BCUT2D eigenvalue weighted by atomic mass is 9.36. The van der Waals surface area contributed by atoms with E-state index in [1.807, 2.05) is 17.8 Å². The van der Waals surface area contributed by atoms with E-state index >= 15 is 0 Å². The molecule has 1 aromatic rings. The summed E-state index contributed by atoms with van der Waals surface area (Å²) in [5.41, 5.74) is 3.02. The number of ether oxygens (including phenoxy) is 1. The van der Waals surface area contributed by atoms with Crippen molar-refractivity contribution >= 4 is 17.8 Å². The van der Waals surface area contributed by atoms with E-state index in [1.165, 1.54) is 6.42 Å². The smallest absolute Gasteiger partial charge is 0.309 e. The number of allylic oxidation sites excluding steroid dienone is 2. The number of amides is 1. The normalized spacial score (nSPS) is 36.3. The SMILES string of the molecule is CNC(=O)Cn1c(=O)cc([C@]23CCC(C(C)C)=C2C2CC[C@@H]4C5(C)CC[C@H](OC(=O)CC(C)(C)C(=O)O)C(C)(C)[C@@H]5CC[C@@]4(C)C2CC3)n1C. The molecule has 1 heterocycles. The molecule has 5 aliphatic carbocycles. The summed E-state index contributed by atoms with van der Waals surface area (Å²) >= 11 is 0. The van der Waals surface area contributed by atoms with Crippen molar-refractivity contribution < 1.29 is 24.2 Å². The molecule has 0 saturated heterocycles. The summed E-state index contributed by atoms with van der Waals surface area (Å²) in [5.74, 6) is 0.960. The van der Waals surface area contributed by atoms with Crippen LogP contribution in [0.25, 0.3) is 0 Å². The maximum Gasteiger partial charge on any atom is 0.309 e. The molecule has 0 spiro atoms. The number of carbonyl (C=O) groups is 3. The number of esters is 1. The number of nitrogens with one attached hydrogen (secondary N) is 1. The van der Waals surface area contributed by atoms with Crippen molar-refractivity contribution in [2.75, 3.05) is 7.05 Å². The van der Waals surface area contributed by atoms with Crippen molar-refractivity contribution in [3.63, 3.8) is 0 Å². The number of carbonyl (C=O) groups excluding carboxylic acids is 2. The molecule has 278 valence electrons. The Hall–Kier alpha value is -2.84. The highest BCUT2D eigenvalue weighted by Gasteiger charge is 2.66. The molecule has 50 heavy (non-hydrogen) atoms. The number of hydrogen-bond acceptors (Lipinski definition) is 5. The Morgan fingerprint density at radius 2 is 1.66 bits per heavy atom. The van der Waals surface area contributed by atoms with Gasteiger partial charge in [0.2, 0.25) is 5.91 Å². The lowest BCUT2D eigenvalue weighted by Gasteiger charge is -2.69. The molecule has 0 aliphatic heterocycles. The van der Waals surface area contributed by atoms with Crippen LogP contribution in [-0.4, -0.2) is 45.5 Å². The number of carboxylic acids is 1. The average molecular weight is 694 g/mol. The summed E-state index contributed by atoms with van der Waals surface area (Å²) in [5, 5.41) is 12.3. The molecule has 9 nitrogen and oxygen atoms in total. The molecule has 5 aliphatic rings. The highest BCUT2D eigenvalue weighted by Crippen LogP contribution is 2.73. The molecular weight excluding hydrogens is 630 g/mol. The Bertz CT molecular complexity index is 1650. The fraction of sp³-hybridized carbons (Fsp3) is 0.805. The van der Waals surface area contributed by atoms with Crippen LogP contribution >= 0.6 is 0 Å². The molecule has 1 amide bonds. The number of nitrogens with zero attached hydrogens (tertiary/aromatic N) is 2. The van der Waals surface area contributed by atoms with Crippen LogP contribution in [0.3, 0.4) is 0 Å². The fourth-order valence-electron chi connectivity index (χ4n) is 13.0. The van der Waals surface area contributed by atoms with Crippen molar-refractivity contribution in [3.8, 4) is 0 Å². The van der Waals surface area contributed by atoms with Crippen LogP contribution in [0.2, 0.25) is 0 Å². The first-order valence-electron chi connectivity index (χ1n) is 19.4. The number of likely N-dealkylation sites (N-methyl/N-ethyl adjacent to an activating group) is 1. The lowest BCUT2D eigenvalue weighted by molar-refractivity contribution is -0.213. The molecule has 4 saturated carbocycles. The molecule has 9 heteroatoms. The maximum absolute atomic E-state index is 13.4. The van der Waals surface area contributed by atoms with Crippen LogP contribution in [0.5, 0.6) is 0 Å². The molecule has 3 unspecified atom stereocenters. The Morgan fingerprint density at radius 3 is 2.30 bits per heavy atom. The van der Waals surface area contributed by atoms with Crippen molar-refractivity contribution in [2.45, 2.75) is 144 Å². The van der Waals surface area contributed by atoms with Crippen LogP contribution in [0, 0.1) is 51.2 Å². The van der Waals surface area contributed by atoms with Crippen LogP contribution in [0.15, 0.2) is 22.0 Å². The first-order valence-corrected chi connectivity index (χ1v) is 19.4. The van der Waals surface area contributed by atoms with Gasteiger partial charge in [-0.05, 0) is 118 Å². The van der Waals surface area contributed by atoms with Gasteiger partial charge in [-0.15, -0.1) is 0 Å². The van der Waals surface area contributed by atoms with Gasteiger partial charge < -0.3 is 15.2 Å². The third-order valence-corrected chi connectivity index (χ3v) is 15.5. The zero-order valence-electron chi connectivity index (χ0n) is 32.4. The third-order valence-electron chi connectivity index (χ3n) is 15.5. The van der Waals surface area contributed by atoms with Crippen molar-refractivity contribution in [1.82, 2.24) is 14.7 Å². The molecule has 4 fully saturated rings. The fourth-order valence-corrected chi connectivity index (χ4v) is 13.0. The monoisotopic (exact) mass is 693 g/mol. The number of hydrogen-bond donors (Lipinski definition) is 2. The average Bonchev–Trinajstić information content (AvgIpc) is 3.56. The molecule has 8 atom stereocenters. The van der Waals surface area contributed by atoms with Gasteiger partial charge in [0.25, 0.3) is 5.56 Å². The minimum atomic E-state index is -1.15. The summed E-state index contributed by atoms with van der Waals surface area (Å²) in [6.45, 7) is 17.6. The minimum Gasteiger partial charge on any atom is -0.481 e. The second-order valence-corrected chi connectivity index (χ2v) is 19.0. The predicted molar refractivity (Wildman–Crippen MR) is 193 cm³/mol. The number of aliphatic carboxylic acids is 1. The number of carboxylic acid groups (broad SMARTS) is 1. The Kier molecular flexibility index (Phi) is 9.15. The number of rotatable bonds is 8. The Morgan fingerprint density at radius 1 is 0.980 bits per heavy atom. The second-order valence-electron chi connectivity index (χ2n) is 19.0. The largest absolute Gasteiger partial charge is 0.481 e. The number of aromatic nitrogens is 2. The first-order chi connectivity index (χ1) is 23.2. The van der Waals surface area contributed by atoms with Gasteiger partial charge in [0.05, 0.1) is 17.5 Å². The van der Waals surface area contributed by atoms with E-state index in [9.17, 15) is 24.3 Å². The summed E-state index contributed by atoms with van der Waals surface area (Å²) in [4.78, 5) is 50.5. The zero-order valence-corrected chi connectivity index (χ0v) is 32.4. The van der Waals surface area contributed by atoms with Crippen molar-refractivity contribution in [1.29, 1.82) is 0 Å². The summed E-state index contributed by atoms with van der Waals surface area (Å²) in [6.07, 6.45) is 10.4. The first kappa shape index (κ1) is 36.9. The van der Waals surface area contributed by atoms with E-state index in [-0.39, 0.29) is 52.2 Å². The highest BCUT2D eigenvalue weighted by molar-refractivity contribution is 5.81. The van der Waals surface area contributed by atoms with Crippen LogP contribution in [0.4, 0.5) is 0 Å². The molecular formula is C41H63N3O6. The molecule has 0 radical (unpaired) electrons. The minimum absolute atomic E-state index is 0.0281. The highest BCUT2D eigenvalue weighted by atomic mass is 16.5.